The molecule has 0 radical (unpaired) electrons. The molecule has 0 aliphatic heterocycles. The Labute approximate surface area is 170 Å². The van der Waals surface area contributed by atoms with Gasteiger partial charge in [-0.25, -0.2) is 17.1 Å². The molecule has 2 aromatic carbocycles. The molecule has 0 saturated heterocycles. The Morgan fingerprint density at radius 1 is 1.07 bits per heavy atom. The van der Waals surface area contributed by atoms with Crippen LogP contribution in [0.5, 0.6) is 11.5 Å². The molecule has 9 heteroatoms. The smallest absolute Gasteiger partial charge is 0.242 e. The van der Waals surface area contributed by atoms with Crippen LogP contribution >= 0.6 is 0 Å². The molecule has 0 heterocycles. The molecule has 0 saturated carbocycles. The first-order valence-electron chi connectivity index (χ1n) is 9.08. The van der Waals surface area contributed by atoms with E-state index in [1.54, 1.807) is 12.1 Å². The van der Waals surface area contributed by atoms with Gasteiger partial charge in [-0.3, -0.25) is 4.79 Å². The van der Waals surface area contributed by atoms with Crippen LogP contribution in [0.25, 0.3) is 0 Å². The second-order valence-electron chi connectivity index (χ2n) is 6.26. The molecule has 0 aliphatic carbocycles. The first-order chi connectivity index (χ1) is 13.8. The zero-order valence-electron chi connectivity index (χ0n) is 16.4. The van der Waals surface area contributed by atoms with Gasteiger partial charge in [-0.1, -0.05) is 0 Å². The highest BCUT2D eigenvalue weighted by Gasteiger charge is 2.20. The lowest BCUT2D eigenvalue weighted by molar-refractivity contribution is -0.121. The molecule has 158 valence electrons. The maximum absolute atomic E-state index is 12.8. The number of benzene rings is 2. The van der Waals surface area contributed by atoms with Crippen LogP contribution in [-0.4, -0.2) is 52.5 Å². The molecule has 0 unspecified atom stereocenters. The van der Waals surface area contributed by atoms with E-state index in [1.807, 2.05) is 0 Å². The van der Waals surface area contributed by atoms with Crippen LogP contribution < -0.4 is 14.8 Å². The van der Waals surface area contributed by atoms with Gasteiger partial charge in [0.05, 0.1) is 18.6 Å². The number of rotatable bonds is 11. The van der Waals surface area contributed by atoms with Crippen molar-refractivity contribution < 1.29 is 27.1 Å². The number of amides is 1. The number of carbonyl (C=O) groups excluding carboxylic acids is 1. The molecular formula is C20H25FN2O5S. The van der Waals surface area contributed by atoms with Gasteiger partial charge in [0.1, 0.15) is 23.9 Å². The molecule has 1 amide bonds. The van der Waals surface area contributed by atoms with E-state index < -0.39 is 10.0 Å². The van der Waals surface area contributed by atoms with Gasteiger partial charge in [-0.05, 0) is 55.0 Å². The molecule has 1 N–H and O–H groups in total. The largest absolute Gasteiger partial charge is 0.497 e. The molecular weight excluding hydrogens is 399 g/mol. The van der Waals surface area contributed by atoms with Gasteiger partial charge in [0, 0.05) is 20.0 Å². The number of nitrogens with one attached hydrogen (secondary N) is 1. The third-order valence-corrected chi connectivity index (χ3v) is 6.02. The third kappa shape index (κ3) is 7.03. The summed E-state index contributed by atoms with van der Waals surface area (Å²) in [6.45, 7) is 0.771. The van der Waals surface area contributed by atoms with E-state index in [0.717, 1.165) is 0 Å². The number of nitrogens with zero attached hydrogens (tertiary/aromatic N) is 1. The van der Waals surface area contributed by atoms with Crippen LogP contribution in [0.2, 0.25) is 0 Å². The van der Waals surface area contributed by atoms with Crippen molar-refractivity contribution >= 4 is 15.9 Å². The fourth-order valence-corrected chi connectivity index (χ4v) is 3.70. The maximum atomic E-state index is 12.8. The lowest BCUT2D eigenvalue weighted by atomic mass is 10.3. The molecule has 29 heavy (non-hydrogen) atoms. The summed E-state index contributed by atoms with van der Waals surface area (Å²) in [5.41, 5.74) is 0. The Hall–Kier alpha value is -2.65. The Kier molecular flexibility index (Phi) is 8.41. The normalized spacial score (nSPS) is 11.3. The zero-order valence-corrected chi connectivity index (χ0v) is 17.2. The van der Waals surface area contributed by atoms with Crippen LogP contribution in [0, 0.1) is 5.82 Å². The number of methoxy groups -OCH3 is 1. The minimum atomic E-state index is -3.62. The van der Waals surface area contributed by atoms with Crippen molar-refractivity contribution in [3.63, 3.8) is 0 Å². The molecule has 0 bridgehead atoms. The Balaban J connectivity index is 1.68. The van der Waals surface area contributed by atoms with E-state index in [2.05, 4.69) is 5.32 Å². The fraction of sp³-hybridized carbons (Fsp3) is 0.350. The van der Waals surface area contributed by atoms with E-state index >= 15 is 0 Å². The van der Waals surface area contributed by atoms with Crippen LogP contribution in [0.3, 0.4) is 0 Å². The molecule has 2 rings (SSSR count). The Bertz CT molecular complexity index is 886. The predicted molar refractivity (Wildman–Crippen MR) is 107 cm³/mol. The van der Waals surface area contributed by atoms with E-state index in [9.17, 15) is 17.6 Å². The summed E-state index contributed by atoms with van der Waals surface area (Å²) in [4.78, 5) is 12.0. The highest BCUT2D eigenvalue weighted by Crippen LogP contribution is 2.18. The summed E-state index contributed by atoms with van der Waals surface area (Å²) < 4.78 is 49.5. The molecule has 0 spiro atoms. The average molecular weight is 424 g/mol. The average Bonchev–Trinajstić information content (AvgIpc) is 2.72. The second kappa shape index (κ2) is 10.8. The minimum Gasteiger partial charge on any atom is -0.497 e. The summed E-state index contributed by atoms with van der Waals surface area (Å²) >= 11 is 0. The topological polar surface area (TPSA) is 84.9 Å². The quantitative estimate of drug-likeness (QED) is 0.560. The summed E-state index contributed by atoms with van der Waals surface area (Å²) in [5, 5.41) is 2.70. The van der Waals surface area contributed by atoms with Crippen molar-refractivity contribution in [2.45, 2.75) is 17.7 Å². The molecule has 0 atom stereocenters. The molecule has 0 fully saturated rings. The van der Waals surface area contributed by atoms with Crippen LogP contribution in [0.4, 0.5) is 4.39 Å². The van der Waals surface area contributed by atoms with Crippen molar-refractivity contribution in [3.05, 3.63) is 54.3 Å². The fourth-order valence-electron chi connectivity index (χ4n) is 2.49. The monoisotopic (exact) mass is 424 g/mol. The number of sulfonamides is 1. The van der Waals surface area contributed by atoms with Gasteiger partial charge in [-0.15, -0.1) is 0 Å². The molecule has 0 aromatic heterocycles. The summed E-state index contributed by atoms with van der Waals surface area (Å²) in [7, 11) is -0.627. The second-order valence-corrected chi connectivity index (χ2v) is 8.30. The molecule has 2 aromatic rings. The van der Waals surface area contributed by atoms with Crippen molar-refractivity contribution in [2.75, 3.05) is 33.9 Å². The molecule has 0 aliphatic rings. The Morgan fingerprint density at radius 2 is 1.69 bits per heavy atom. The van der Waals surface area contributed by atoms with Crippen molar-refractivity contribution in [3.8, 4) is 11.5 Å². The predicted octanol–water partition coefficient (Wildman–Crippen LogP) is 2.43. The SMILES string of the molecule is COc1ccc(S(=O)(=O)N(C)CCCC(=O)NCCOc2ccc(F)cc2)cc1. The number of carbonyl (C=O) groups is 1. The van der Waals surface area contributed by atoms with Gasteiger partial charge in [0.15, 0.2) is 0 Å². The van der Waals surface area contributed by atoms with Crippen LogP contribution in [0.1, 0.15) is 12.8 Å². The van der Waals surface area contributed by atoms with Gasteiger partial charge >= 0.3 is 0 Å². The lowest BCUT2D eigenvalue weighted by Crippen LogP contribution is -2.31. The highest BCUT2D eigenvalue weighted by molar-refractivity contribution is 7.89. The number of hydrogen-bond donors (Lipinski definition) is 1. The summed E-state index contributed by atoms with van der Waals surface area (Å²) in [6, 6.07) is 11.8. The van der Waals surface area contributed by atoms with Crippen molar-refractivity contribution in [1.82, 2.24) is 9.62 Å². The highest BCUT2D eigenvalue weighted by atomic mass is 32.2. The molecule has 7 nitrogen and oxygen atoms in total. The van der Waals surface area contributed by atoms with E-state index in [-0.39, 0.29) is 36.2 Å². The first-order valence-corrected chi connectivity index (χ1v) is 10.5. The summed E-state index contributed by atoms with van der Waals surface area (Å²) in [6.07, 6.45) is 0.579. The van der Waals surface area contributed by atoms with Gasteiger partial charge < -0.3 is 14.8 Å². The van der Waals surface area contributed by atoms with E-state index in [0.29, 0.717) is 24.5 Å². The lowest BCUT2D eigenvalue weighted by Gasteiger charge is -2.17. The number of ether oxygens (including phenoxy) is 2. The third-order valence-electron chi connectivity index (χ3n) is 4.15. The van der Waals surface area contributed by atoms with E-state index in [4.69, 9.17) is 9.47 Å². The van der Waals surface area contributed by atoms with E-state index in [1.165, 1.54) is 54.9 Å². The minimum absolute atomic E-state index is 0.170. The van der Waals surface area contributed by atoms with Gasteiger partial charge in [-0.2, -0.15) is 0 Å². The first kappa shape index (κ1) is 22.6. The van der Waals surface area contributed by atoms with Crippen LogP contribution in [-0.2, 0) is 14.8 Å². The van der Waals surface area contributed by atoms with Crippen molar-refractivity contribution in [2.24, 2.45) is 0 Å². The number of halogens is 1. The van der Waals surface area contributed by atoms with Crippen LogP contribution in [0.15, 0.2) is 53.4 Å². The maximum Gasteiger partial charge on any atom is 0.242 e. The van der Waals surface area contributed by atoms with Gasteiger partial charge in [0.25, 0.3) is 0 Å². The Morgan fingerprint density at radius 3 is 2.31 bits per heavy atom. The van der Waals surface area contributed by atoms with Crippen molar-refractivity contribution in [1.29, 1.82) is 0 Å². The van der Waals surface area contributed by atoms with Gasteiger partial charge in [0.2, 0.25) is 15.9 Å². The number of hydrogen-bond acceptors (Lipinski definition) is 5. The summed E-state index contributed by atoms with van der Waals surface area (Å²) in [5.74, 6) is 0.560. The standard InChI is InChI=1S/C20H25FN2O5S/c1-23(29(25,26)19-11-9-17(27-2)10-12-19)14-3-4-20(24)22-13-15-28-18-7-5-16(21)6-8-18/h5-12H,3-4,13-15H2,1-2H3,(H,22,24). The zero-order chi connectivity index (χ0) is 21.3.